The summed E-state index contributed by atoms with van der Waals surface area (Å²) in [4.78, 5) is 19.3. The highest BCUT2D eigenvalue weighted by atomic mass is 16.5. The number of ether oxygens (including phenoxy) is 1. The summed E-state index contributed by atoms with van der Waals surface area (Å²) in [5.41, 5.74) is 4.21. The number of carbonyl (C=O) groups is 1. The van der Waals surface area contributed by atoms with E-state index in [1.54, 1.807) is 18.3 Å². The van der Waals surface area contributed by atoms with Gasteiger partial charge in [0.05, 0.1) is 30.3 Å². The van der Waals surface area contributed by atoms with E-state index in [0.29, 0.717) is 11.2 Å². The van der Waals surface area contributed by atoms with E-state index in [4.69, 9.17) is 4.74 Å². The molecule has 0 fully saturated rings. The highest BCUT2D eigenvalue weighted by Gasteiger charge is 2.11. The molecule has 0 bridgehead atoms. The highest BCUT2D eigenvalue weighted by Crippen LogP contribution is 2.25. The number of H-pyrrole nitrogens is 1. The van der Waals surface area contributed by atoms with Crippen LogP contribution in [0.25, 0.3) is 27.9 Å². The third-order valence-corrected chi connectivity index (χ3v) is 3.74. The van der Waals surface area contributed by atoms with Crippen LogP contribution in [-0.2, 0) is 4.74 Å². The van der Waals surface area contributed by atoms with Crippen molar-refractivity contribution in [2.75, 3.05) is 7.11 Å². The molecule has 0 spiro atoms. The average Bonchev–Trinajstić information content (AvgIpc) is 3.16. The van der Waals surface area contributed by atoms with Gasteiger partial charge >= 0.3 is 5.97 Å². The summed E-state index contributed by atoms with van der Waals surface area (Å²) in [6, 6.07) is 13.7. The maximum absolute atomic E-state index is 11.6. The summed E-state index contributed by atoms with van der Waals surface area (Å²) in [6.45, 7) is 0. The van der Waals surface area contributed by atoms with Gasteiger partial charge in [-0.3, -0.25) is 4.40 Å². The van der Waals surface area contributed by atoms with E-state index in [2.05, 4.69) is 22.1 Å². The molecule has 4 rings (SSSR count). The molecule has 0 unspecified atom stereocenters. The molecule has 0 saturated heterocycles. The van der Waals surface area contributed by atoms with Crippen molar-refractivity contribution in [1.29, 1.82) is 0 Å². The molecule has 0 aliphatic rings. The van der Waals surface area contributed by atoms with Crippen LogP contribution in [0.1, 0.15) is 10.4 Å². The van der Waals surface area contributed by atoms with E-state index in [1.165, 1.54) is 7.11 Å². The summed E-state index contributed by atoms with van der Waals surface area (Å²) >= 11 is 0. The Morgan fingerprint density at radius 3 is 2.91 bits per heavy atom. The van der Waals surface area contributed by atoms with Gasteiger partial charge in [0.25, 0.3) is 0 Å². The number of para-hydroxylation sites is 1. The zero-order valence-electron chi connectivity index (χ0n) is 11.9. The fourth-order valence-electron chi connectivity index (χ4n) is 2.64. The third kappa shape index (κ3) is 1.87. The zero-order valence-corrected chi connectivity index (χ0v) is 11.9. The van der Waals surface area contributed by atoms with Crippen LogP contribution in [0, 0.1) is 0 Å². The number of nitrogens with one attached hydrogen (secondary N) is 1. The monoisotopic (exact) mass is 291 g/mol. The summed E-state index contributed by atoms with van der Waals surface area (Å²) in [5.74, 6) is -0.363. The summed E-state index contributed by atoms with van der Waals surface area (Å²) in [5, 5.41) is 1.15. The molecule has 0 aliphatic carbocycles. The molecule has 108 valence electrons. The Kier molecular flexibility index (Phi) is 2.72. The molecule has 0 amide bonds. The predicted molar refractivity (Wildman–Crippen MR) is 83.8 cm³/mol. The van der Waals surface area contributed by atoms with E-state index in [0.717, 1.165) is 22.3 Å². The lowest BCUT2D eigenvalue weighted by molar-refractivity contribution is 0.0600. The van der Waals surface area contributed by atoms with Gasteiger partial charge in [-0.1, -0.05) is 18.2 Å². The van der Waals surface area contributed by atoms with Crippen LogP contribution < -0.4 is 0 Å². The number of imidazole rings is 1. The zero-order chi connectivity index (χ0) is 15.1. The molecular formula is C17H13N3O2. The molecule has 0 saturated carbocycles. The number of aromatic amines is 1. The Balaban J connectivity index is 1.86. The predicted octanol–water partition coefficient (Wildman–Crippen LogP) is 3.27. The van der Waals surface area contributed by atoms with Gasteiger partial charge in [-0.2, -0.15) is 0 Å². The Morgan fingerprint density at radius 1 is 1.23 bits per heavy atom. The molecule has 0 radical (unpaired) electrons. The number of rotatable bonds is 2. The third-order valence-electron chi connectivity index (χ3n) is 3.74. The Bertz CT molecular complexity index is 964. The van der Waals surface area contributed by atoms with Crippen molar-refractivity contribution in [1.82, 2.24) is 14.4 Å². The first kappa shape index (κ1) is 12.6. The quantitative estimate of drug-likeness (QED) is 0.577. The highest BCUT2D eigenvalue weighted by molar-refractivity contribution is 5.90. The van der Waals surface area contributed by atoms with Gasteiger partial charge in [0, 0.05) is 17.1 Å². The van der Waals surface area contributed by atoms with Crippen molar-refractivity contribution in [3.05, 3.63) is 60.4 Å². The minimum absolute atomic E-state index is 0.363. The second kappa shape index (κ2) is 4.73. The van der Waals surface area contributed by atoms with Gasteiger partial charge < -0.3 is 9.72 Å². The van der Waals surface area contributed by atoms with Gasteiger partial charge in [-0.25, -0.2) is 9.78 Å². The number of aromatic nitrogens is 3. The summed E-state index contributed by atoms with van der Waals surface area (Å²) in [6.07, 6.45) is 3.62. The molecule has 0 atom stereocenters. The number of hydrogen-bond acceptors (Lipinski definition) is 3. The standard InChI is InChI=1S/C17H13N3O2/c1-22-17(21)12-6-7-20-15(10-18-16(20)9-12)14-8-11-4-2-3-5-13(11)19-14/h2-10,19H,1H3. The smallest absolute Gasteiger partial charge is 0.338 e. The van der Waals surface area contributed by atoms with Gasteiger partial charge in [0.15, 0.2) is 0 Å². The van der Waals surface area contributed by atoms with Crippen molar-refractivity contribution < 1.29 is 9.53 Å². The van der Waals surface area contributed by atoms with Crippen LogP contribution in [0.4, 0.5) is 0 Å². The van der Waals surface area contributed by atoms with Gasteiger partial charge in [0.1, 0.15) is 5.65 Å². The minimum Gasteiger partial charge on any atom is -0.465 e. The van der Waals surface area contributed by atoms with E-state index in [9.17, 15) is 4.79 Å². The topological polar surface area (TPSA) is 59.4 Å². The number of nitrogens with zero attached hydrogens (tertiary/aromatic N) is 2. The first-order valence-electron chi connectivity index (χ1n) is 6.90. The molecule has 1 aromatic carbocycles. The van der Waals surface area contributed by atoms with Crippen molar-refractivity contribution in [3.63, 3.8) is 0 Å². The molecular weight excluding hydrogens is 278 g/mol. The van der Waals surface area contributed by atoms with Crippen LogP contribution >= 0.6 is 0 Å². The molecule has 3 aromatic heterocycles. The fraction of sp³-hybridized carbons (Fsp3) is 0.0588. The number of hydrogen-bond donors (Lipinski definition) is 1. The fourth-order valence-corrected chi connectivity index (χ4v) is 2.64. The molecule has 22 heavy (non-hydrogen) atoms. The van der Waals surface area contributed by atoms with Gasteiger partial charge in [-0.15, -0.1) is 0 Å². The van der Waals surface area contributed by atoms with Crippen molar-refractivity contribution in [3.8, 4) is 11.4 Å². The maximum Gasteiger partial charge on any atom is 0.338 e. The van der Waals surface area contributed by atoms with Crippen molar-refractivity contribution in [2.45, 2.75) is 0 Å². The number of pyridine rings is 1. The van der Waals surface area contributed by atoms with Crippen LogP contribution in [0.2, 0.25) is 0 Å². The average molecular weight is 291 g/mol. The molecule has 3 heterocycles. The van der Waals surface area contributed by atoms with Crippen molar-refractivity contribution in [2.24, 2.45) is 0 Å². The van der Waals surface area contributed by atoms with E-state index >= 15 is 0 Å². The molecule has 5 nitrogen and oxygen atoms in total. The molecule has 5 heteroatoms. The number of fused-ring (bicyclic) bond motifs is 2. The van der Waals surface area contributed by atoms with E-state index in [1.807, 2.05) is 28.8 Å². The van der Waals surface area contributed by atoms with Crippen molar-refractivity contribution >= 4 is 22.5 Å². The summed E-state index contributed by atoms with van der Waals surface area (Å²) < 4.78 is 6.68. The largest absolute Gasteiger partial charge is 0.465 e. The Morgan fingerprint density at radius 2 is 2.09 bits per heavy atom. The van der Waals surface area contributed by atoms with Gasteiger partial charge in [-0.05, 0) is 24.3 Å². The van der Waals surface area contributed by atoms with Crippen LogP contribution in [0.5, 0.6) is 0 Å². The first-order chi connectivity index (χ1) is 10.8. The Hall–Kier alpha value is -3.08. The Labute approximate surface area is 126 Å². The molecule has 1 N–H and O–H groups in total. The number of carbonyl (C=O) groups excluding carboxylic acids is 1. The van der Waals surface area contributed by atoms with Gasteiger partial charge in [0.2, 0.25) is 0 Å². The molecule has 0 aliphatic heterocycles. The van der Waals surface area contributed by atoms with Crippen LogP contribution in [-0.4, -0.2) is 27.4 Å². The minimum atomic E-state index is -0.363. The lowest BCUT2D eigenvalue weighted by Gasteiger charge is -2.02. The first-order valence-corrected chi connectivity index (χ1v) is 6.90. The van der Waals surface area contributed by atoms with Crippen LogP contribution in [0.15, 0.2) is 54.9 Å². The lowest BCUT2D eigenvalue weighted by Crippen LogP contribution is -2.02. The van der Waals surface area contributed by atoms with E-state index in [-0.39, 0.29) is 5.97 Å². The van der Waals surface area contributed by atoms with E-state index < -0.39 is 0 Å². The number of esters is 1. The van der Waals surface area contributed by atoms with Crippen LogP contribution in [0.3, 0.4) is 0 Å². The molecule has 4 aromatic rings. The SMILES string of the molecule is COC(=O)c1ccn2c(-c3cc4ccccc4[nH]3)cnc2c1. The number of benzene rings is 1. The maximum atomic E-state index is 11.6. The normalized spacial score (nSPS) is 11.1. The second-order valence-electron chi connectivity index (χ2n) is 5.05. The second-order valence-corrected chi connectivity index (χ2v) is 5.05. The number of methoxy groups -OCH3 is 1. The summed E-state index contributed by atoms with van der Waals surface area (Å²) in [7, 11) is 1.37. The lowest BCUT2D eigenvalue weighted by atomic mass is 10.2.